The number of ether oxygens (including phenoxy) is 1. The van der Waals surface area contributed by atoms with Gasteiger partial charge in [-0.15, -0.1) is 0 Å². The highest BCUT2D eigenvalue weighted by atomic mass is 16.5. The summed E-state index contributed by atoms with van der Waals surface area (Å²) in [6.45, 7) is 3.74. The Morgan fingerprint density at radius 3 is 2.44 bits per heavy atom. The normalized spacial score (nSPS) is 12.1. The molecule has 0 atom stereocenters. The summed E-state index contributed by atoms with van der Waals surface area (Å²) in [5, 5.41) is 2.66. The lowest BCUT2D eigenvalue weighted by Crippen LogP contribution is -2.33. The van der Waals surface area contributed by atoms with Gasteiger partial charge in [0.2, 0.25) is 5.91 Å². The molecule has 1 aromatic carbocycles. The molecule has 98 valence electrons. The lowest BCUT2D eigenvalue weighted by Gasteiger charge is -2.20. The van der Waals surface area contributed by atoms with Gasteiger partial charge >= 0.3 is 0 Å². The fraction of sp³-hybridized carbons (Fsp3) is 0.400. The Morgan fingerprint density at radius 1 is 1.33 bits per heavy atom. The number of rotatable bonds is 5. The number of nitrogens with one attached hydrogen (secondary N) is 1. The predicted molar refractivity (Wildman–Crippen MR) is 73.1 cm³/mol. The Morgan fingerprint density at radius 2 is 1.94 bits per heavy atom. The molecule has 3 nitrogen and oxygen atoms in total. The second kappa shape index (κ2) is 6.24. The largest absolute Gasteiger partial charge is 0.501 e. The molecule has 0 aliphatic rings. The summed E-state index contributed by atoms with van der Waals surface area (Å²) in [7, 11) is 3.27. The number of hydrogen-bond donors (Lipinski definition) is 1. The first kappa shape index (κ1) is 14.3. The van der Waals surface area contributed by atoms with Crippen LogP contribution in [0.4, 0.5) is 0 Å². The van der Waals surface area contributed by atoms with Crippen LogP contribution in [0.2, 0.25) is 0 Å². The smallest absolute Gasteiger partial charge is 0.229 e. The molecule has 0 aromatic heterocycles. The number of hydrogen-bond acceptors (Lipinski definition) is 2. The zero-order valence-corrected chi connectivity index (χ0v) is 11.5. The van der Waals surface area contributed by atoms with Crippen molar-refractivity contribution in [2.75, 3.05) is 14.2 Å². The highest BCUT2D eigenvalue weighted by Crippen LogP contribution is 2.21. The summed E-state index contributed by atoms with van der Waals surface area (Å²) in [5.74, 6) is 0.778. The first-order chi connectivity index (χ1) is 8.49. The van der Waals surface area contributed by atoms with E-state index in [9.17, 15) is 4.79 Å². The minimum Gasteiger partial charge on any atom is -0.501 e. The molecule has 0 bridgehead atoms. The van der Waals surface area contributed by atoms with E-state index in [1.54, 1.807) is 14.2 Å². The highest BCUT2D eigenvalue weighted by Gasteiger charge is 2.24. The van der Waals surface area contributed by atoms with Crippen molar-refractivity contribution >= 4 is 5.91 Å². The quantitative estimate of drug-likeness (QED) is 0.812. The van der Waals surface area contributed by atoms with Crippen LogP contribution in [0.5, 0.6) is 0 Å². The van der Waals surface area contributed by atoms with Crippen LogP contribution in [0.1, 0.15) is 19.4 Å². The summed E-state index contributed by atoms with van der Waals surface area (Å²) in [6, 6.07) is 10.0. The van der Waals surface area contributed by atoms with Gasteiger partial charge in [-0.05, 0) is 25.5 Å². The van der Waals surface area contributed by atoms with Crippen molar-refractivity contribution in [3.8, 4) is 0 Å². The Balaban J connectivity index is 2.86. The maximum atomic E-state index is 11.7. The molecule has 0 aliphatic carbocycles. The molecule has 1 rings (SSSR count). The first-order valence-electron chi connectivity index (χ1n) is 6.01. The van der Waals surface area contributed by atoms with Gasteiger partial charge in [0.15, 0.2) is 0 Å². The Bertz CT molecular complexity index is 421. The van der Waals surface area contributed by atoms with E-state index in [4.69, 9.17) is 4.74 Å². The second-order valence-electron chi connectivity index (χ2n) is 4.78. The number of carbonyl (C=O) groups excluding carboxylic acids is 1. The van der Waals surface area contributed by atoms with Crippen molar-refractivity contribution < 1.29 is 9.53 Å². The number of amides is 1. The summed E-state index contributed by atoms with van der Waals surface area (Å²) in [4.78, 5) is 11.7. The SMILES string of the molecule is CNC(=O)C(C)(C)/C=C(/Cc1ccccc1)OC. The molecule has 0 unspecified atom stereocenters. The van der Waals surface area contributed by atoms with Gasteiger partial charge in [0.05, 0.1) is 18.3 Å². The molecule has 0 saturated heterocycles. The molecule has 1 aromatic rings. The highest BCUT2D eigenvalue weighted by molar-refractivity contribution is 5.83. The standard InChI is InChI=1S/C15H21NO2/c1-15(2,14(17)16-3)11-13(18-4)10-12-8-6-5-7-9-12/h5-9,11H,10H2,1-4H3,(H,16,17)/b13-11-. The van der Waals surface area contributed by atoms with Crippen molar-refractivity contribution in [2.24, 2.45) is 5.41 Å². The van der Waals surface area contributed by atoms with Gasteiger partial charge in [0.1, 0.15) is 0 Å². The van der Waals surface area contributed by atoms with Crippen LogP contribution >= 0.6 is 0 Å². The van der Waals surface area contributed by atoms with E-state index in [1.807, 2.05) is 50.3 Å². The van der Waals surface area contributed by atoms with Crippen molar-refractivity contribution in [2.45, 2.75) is 20.3 Å². The van der Waals surface area contributed by atoms with E-state index in [-0.39, 0.29) is 5.91 Å². The van der Waals surface area contributed by atoms with Crippen molar-refractivity contribution in [1.82, 2.24) is 5.32 Å². The molecule has 0 fully saturated rings. The third-order valence-corrected chi connectivity index (χ3v) is 2.82. The second-order valence-corrected chi connectivity index (χ2v) is 4.78. The van der Waals surface area contributed by atoms with Crippen LogP contribution in [0, 0.1) is 5.41 Å². The molecule has 0 heterocycles. The van der Waals surface area contributed by atoms with Crippen LogP contribution < -0.4 is 5.32 Å². The van der Waals surface area contributed by atoms with Crippen LogP contribution in [0.3, 0.4) is 0 Å². The Labute approximate surface area is 109 Å². The lowest BCUT2D eigenvalue weighted by atomic mass is 9.90. The van der Waals surface area contributed by atoms with Gasteiger partial charge in [-0.2, -0.15) is 0 Å². The van der Waals surface area contributed by atoms with Crippen molar-refractivity contribution in [3.05, 3.63) is 47.7 Å². The molecule has 0 saturated carbocycles. The van der Waals surface area contributed by atoms with Gasteiger partial charge in [-0.3, -0.25) is 4.79 Å². The molecular formula is C15H21NO2. The van der Waals surface area contributed by atoms with Crippen LogP contribution in [-0.4, -0.2) is 20.1 Å². The average molecular weight is 247 g/mol. The number of methoxy groups -OCH3 is 1. The molecular weight excluding hydrogens is 226 g/mol. The van der Waals surface area contributed by atoms with E-state index >= 15 is 0 Å². The summed E-state index contributed by atoms with van der Waals surface area (Å²) >= 11 is 0. The fourth-order valence-electron chi connectivity index (χ4n) is 1.77. The maximum absolute atomic E-state index is 11.7. The monoisotopic (exact) mass is 247 g/mol. The molecule has 1 amide bonds. The lowest BCUT2D eigenvalue weighted by molar-refractivity contribution is -0.126. The number of carbonyl (C=O) groups is 1. The summed E-state index contributed by atoms with van der Waals surface area (Å²) in [6.07, 6.45) is 2.57. The van der Waals surface area contributed by atoms with E-state index in [0.29, 0.717) is 6.42 Å². The molecule has 1 N–H and O–H groups in total. The molecule has 0 radical (unpaired) electrons. The maximum Gasteiger partial charge on any atom is 0.229 e. The topological polar surface area (TPSA) is 38.3 Å². The number of allylic oxidation sites excluding steroid dienone is 1. The summed E-state index contributed by atoms with van der Waals surface area (Å²) < 4.78 is 5.37. The Kier molecular flexibility index (Phi) is 4.95. The van der Waals surface area contributed by atoms with Crippen LogP contribution in [-0.2, 0) is 16.0 Å². The predicted octanol–water partition coefficient (Wildman–Crippen LogP) is 2.53. The minimum absolute atomic E-state index is 0.0230. The Hall–Kier alpha value is -1.77. The van der Waals surface area contributed by atoms with Gasteiger partial charge in [0, 0.05) is 13.5 Å². The first-order valence-corrected chi connectivity index (χ1v) is 6.01. The van der Waals surface area contributed by atoms with Gasteiger partial charge in [0.25, 0.3) is 0 Å². The van der Waals surface area contributed by atoms with Crippen molar-refractivity contribution in [3.63, 3.8) is 0 Å². The van der Waals surface area contributed by atoms with Gasteiger partial charge < -0.3 is 10.1 Å². The zero-order valence-electron chi connectivity index (χ0n) is 11.5. The number of benzene rings is 1. The van der Waals surface area contributed by atoms with Crippen molar-refractivity contribution in [1.29, 1.82) is 0 Å². The van der Waals surface area contributed by atoms with E-state index in [0.717, 1.165) is 5.76 Å². The minimum atomic E-state index is -0.575. The third-order valence-electron chi connectivity index (χ3n) is 2.82. The molecule has 18 heavy (non-hydrogen) atoms. The summed E-state index contributed by atoms with van der Waals surface area (Å²) in [5.41, 5.74) is 0.591. The van der Waals surface area contributed by atoms with Gasteiger partial charge in [-0.1, -0.05) is 30.3 Å². The van der Waals surface area contributed by atoms with E-state index < -0.39 is 5.41 Å². The van der Waals surface area contributed by atoms with Gasteiger partial charge in [-0.25, -0.2) is 0 Å². The van der Waals surface area contributed by atoms with E-state index in [2.05, 4.69) is 5.32 Å². The molecule has 0 spiro atoms. The molecule has 3 heteroatoms. The average Bonchev–Trinajstić information content (AvgIpc) is 2.37. The zero-order chi connectivity index (χ0) is 13.6. The third kappa shape index (κ3) is 3.91. The van der Waals surface area contributed by atoms with Crippen LogP contribution in [0.25, 0.3) is 0 Å². The van der Waals surface area contributed by atoms with E-state index in [1.165, 1.54) is 5.56 Å². The van der Waals surface area contributed by atoms with Crippen LogP contribution in [0.15, 0.2) is 42.2 Å². The fourth-order valence-corrected chi connectivity index (χ4v) is 1.77. The molecule has 0 aliphatic heterocycles.